The fraction of sp³-hybridized carbons (Fsp3) is 0.231. The number of imidazole rings is 1. The number of carbonyl (C=O) groups excluding carboxylic acids is 1. The average Bonchev–Trinajstić information content (AvgIpc) is 2.75. The summed E-state index contributed by atoms with van der Waals surface area (Å²) >= 11 is 0. The Morgan fingerprint density at radius 3 is 2.84 bits per heavy atom. The van der Waals surface area contributed by atoms with Crippen molar-refractivity contribution in [1.29, 1.82) is 10.5 Å². The second-order valence-corrected chi connectivity index (χ2v) is 3.87. The zero-order chi connectivity index (χ0) is 13.7. The Kier molecular flexibility index (Phi) is 3.75. The number of hydrogen-bond acceptors (Lipinski definition) is 4. The minimum atomic E-state index is -0.274. The molecule has 0 saturated heterocycles. The normalized spacial score (nSPS) is 9.79. The van der Waals surface area contributed by atoms with Crippen molar-refractivity contribution < 1.29 is 4.79 Å². The molecule has 0 aliphatic heterocycles. The van der Waals surface area contributed by atoms with Gasteiger partial charge in [0, 0.05) is 0 Å². The third-order valence-electron chi connectivity index (χ3n) is 2.64. The summed E-state index contributed by atoms with van der Waals surface area (Å²) < 4.78 is 1.70. The summed E-state index contributed by atoms with van der Waals surface area (Å²) in [5.74, 6) is 0.278. The quantitative estimate of drug-likeness (QED) is 0.813. The van der Waals surface area contributed by atoms with Gasteiger partial charge in [0.1, 0.15) is 18.9 Å². The van der Waals surface area contributed by atoms with Crippen LogP contribution < -0.4 is 5.32 Å². The molecule has 0 fully saturated rings. The van der Waals surface area contributed by atoms with Gasteiger partial charge < -0.3 is 9.88 Å². The molecule has 6 heteroatoms. The summed E-state index contributed by atoms with van der Waals surface area (Å²) in [4.78, 5) is 16.0. The number of hydrogen-bond donors (Lipinski definition) is 1. The largest absolute Gasteiger partial charge is 0.341 e. The molecule has 1 N–H and O–H groups in total. The van der Waals surface area contributed by atoms with Crippen LogP contribution in [0.5, 0.6) is 0 Å². The Labute approximate surface area is 109 Å². The molecule has 6 nitrogen and oxygen atoms in total. The van der Waals surface area contributed by atoms with E-state index in [4.69, 9.17) is 10.5 Å². The molecule has 0 saturated carbocycles. The zero-order valence-corrected chi connectivity index (χ0v) is 10.1. The maximum absolute atomic E-state index is 11.7. The summed E-state index contributed by atoms with van der Waals surface area (Å²) in [6, 6.07) is 11.3. The first kappa shape index (κ1) is 12.6. The van der Waals surface area contributed by atoms with Crippen molar-refractivity contribution in [3.8, 4) is 12.1 Å². The highest BCUT2D eigenvalue weighted by Crippen LogP contribution is 2.16. The molecule has 0 aliphatic carbocycles. The Balaban J connectivity index is 2.34. The number of carbonyl (C=O) groups is 1. The van der Waals surface area contributed by atoms with E-state index < -0.39 is 0 Å². The Hall–Kier alpha value is -2.86. The number of nitriles is 2. The molecule has 2 rings (SSSR count). The Morgan fingerprint density at radius 2 is 2.11 bits per heavy atom. The molecule has 0 radical (unpaired) electrons. The lowest BCUT2D eigenvalue weighted by atomic mass is 10.3. The van der Waals surface area contributed by atoms with E-state index in [1.165, 1.54) is 0 Å². The van der Waals surface area contributed by atoms with Crippen LogP contribution in [-0.4, -0.2) is 22.0 Å². The van der Waals surface area contributed by atoms with Gasteiger partial charge >= 0.3 is 0 Å². The topological polar surface area (TPSA) is 94.5 Å². The van der Waals surface area contributed by atoms with Crippen LogP contribution in [0.1, 0.15) is 5.82 Å². The second kappa shape index (κ2) is 5.65. The lowest BCUT2D eigenvalue weighted by Crippen LogP contribution is -2.28. The standard InChI is InChI=1S/C13H11N5O/c14-6-5-12-17-10-3-1-2-4-11(10)18(12)9-13(19)16-8-7-15/h1-4H,5,8-9H2,(H,16,19). The molecule has 0 atom stereocenters. The molecule has 0 aliphatic rings. The number of nitrogens with zero attached hydrogens (tertiary/aromatic N) is 4. The predicted octanol–water partition coefficient (Wildman–Crippen LogP) is 0.742. The van der Waals surface area contributed by atoms with E-state index >= 15 is 0 Å². The van der Waals surface area contributed by atoms with E-state index in [1.807, 2.05) is 36.4 Å². The number of aromatic nitrogens is 2. The van der Waals surface area contributed by atoms with Crippen molar-refractivity contribution >= 4 is 16.9 Å². The van der Waals surface area contributed by atoms with Crippen LogP contribution in [0.2, 0.25) is 0 Å². The molecular formula is C13H11N5O. The Bertz CT molecular complexity index is 689. The van der Waals surface area contributed by atoms with Crippen LogP contribution in [0.3, 0.4) is 0 Å². The van der Waals surface area contributed by atoms with Gasteiger partial charge in [-0.2, -0.15) is 10.5 Å². The van der Waals surface area contributed by atoms with Crippen molar-refractivity contribution in [2.75, 3.05) is 6.54 Å². The monoisotopic (exact) mass is 253 g/mol. The minimum absolute atomic E-state index is 0.0287. The van der Waals surface area contributed by atoms with Gasteiger partial charge in [-0.25, -0.2) is 4.98 Å². The van der Waals surface area contributed by atoms with Crippen LogP contribution in [-0.2, 0) is 17.8 Å². The molecule has 1 aromatic carbocycles. The SMILES string of the molecule is N#CCNC(=O)Cn1c(CC#N)nc2ccccc21. The van der Waals surface area contributed by atoms with E-state index in [-0.39, 0.29) is 25.4 Å². The third-order valence-corrected chi connectivity index (χ3v) is 2.64. The molecule has 0 bridgehead atoms. The van der Waals surface area contributed by atoms with E-state index in [1.54, 1.807) is 4.57 Å². The first-order valence-corrected chi connectivity index (χ1v) is 5.71. The van der Waals surface area contributed by atoms with Gasteiger partial charge in [-0.05, 0) is 12.1 Å². The van der Waals surface area contributed by atoms with Crippen molar-refractivity contribution in [1.82, 2.24) is 14.9 Å². The van der Waals surface area contributed by atoms with E-state index in [0.29, 0.717) is 5.82 Å². The lowest BCUT2D eigenvalue weighted by Gasteiger charge is -2.06. The molecule has 0 unspecified atom stereocenters. The number of para-hydroxylation sites is 2. The maximum Gasteiger partial charge on any atom is 0.240 e. The fourth-order valence-electron chi connectivity index (χ4n) is 1.85. The summed E-state index contributed by atoms with van der Waals surface area (Å²) in [5, 5.41) is 19.7. The van der Waals surface area contributed by atoms with Gasteiger partial charge in [0.25, 0.3) is 0 Å². The number of amides is 1. The van der Waals surface area contributed by atoms with Crippen LogP contribution in [0, 0.1) is 22.7 Å². The van der Waals surface area contributed by atoms with Crippen LogP contribution in [0.15, 0.2) is 24.3 Å². The van der Waals surface area contributed by atoms with E-state index in [9.17, 15) is 4.79 Å². The van der Waals surface area contributed by atoms with Gasteiger partial charge in [0.2, 0.25) is 5.91 Å². The summed E-state index contributed by atoms with van der Waals surface area (Å²) in [6.45, 7) is 0.0260. The lowest BCUT2D eigenvalue weighted by molar-refractivity contribution is -0.121. The molecule has 1 heterocycles. The van der Waals surface area contributed by atoms with Crippen LogP contribution in [0.4, 0.5) is 0 Å². The van der Waals surface area contributed by atoms with Gasteiger partial charge in [-0.15, -0.1) is 0 Å². The van der Waals surface area contributed by atoms with Crippen LogP contribution >= 0.6 is 0 Å². The highest BCUT2D eigenvalue weighted by Gasteiger charge is 2.12. The molecule has 19 heavy (non-hydrogen) atoms. The minimum Gasteiger partial charge on any atom is -0.341 e. The third kappa shape index (κ3) is 2.70. The summed E-state index contributed by atoms with van der Waals surface area (Å²) in [6.07, 6.45) is 0.139. The molecule has 1 aromatic heterocycles. The van der Waals surface area contributed by atoms with Gasteiger partial charge in [-0.3, -0.25) is 4.79 Å². The number of fused-ring (bicyclic) bond motifs is 1. The maximum atomic E-state index is 11.7. The van der Waals surface area contributed by atoms with E-state index in [2.05, 4.69) is 10.3 Å². The Morgan fingerprint density at radius 1 is 1.32 bits per heavy atom. The summed E-state index contributed by atoms with van der Waals surface area (Å²) in [7, 11) is 0. The number of rotatable bonds is 4. The first-order valence-electron chi connectivity index (χ1n) is 5.71. The van der Waals surface area contributed by atoms with Crippen LogP contribution in [0.25, 0.3) is 11.0 Å². The summed E-state index contributed by atoms with van der Waals surface area (Å²) in [5.41, 5.74) is 1.56. The van der Waals surface area contributed by atoms with Crippen molar-refractivity contribution in [2.45, 2.75) is 13.0 Å². The highest BCUT2D eigenvalue weighted by molar-refractivity contribution is 5.81. The molecular weight excluding hydrogens is 242 g/mol. The van der Waals surface area contributed by atoms with Gasteiger partial charge in [0.05, 0.1) is 29.6 Å². The molecule has 94 valence electrons. The second-order valence-electron chi connectivity index (χ2n) is 3.87. The number of benzene rings is 1. The highest BCUT2D eigenvalue weighted by atomic mass is 16.1. The molecule has 2 aromatic rings. The van der Waals surface area contributed by atoms with Gasteiger partial charge in [0.15, 0.2) is 0 Å². The predicted molar refractivity (Wildman–Crippen MR) is 67.7 cm³/mol. The first-order chi connectivity index (χ1) is 9.26. The smallest absolute Gasteiger partial charge is 0.240 e. The molecule has 1 amide bonds. The van der Waals surface area contributed by atoms with Crippen molar-refractivity contribution in [3.63, 3.8) is 0 Å². The number of nitrogens with one attached hydrogen (secondary N) is 1. The van der Waals surface area contributed by atoms with E-state index in [0.717, 1.165) is 11.0 Å². The average molecular weight is 253 g/mol. The van der Waals surface area contributed by atoms with Crippen molar-refractivity contribution in [3.05, 3.63) is 30.1 Å². The van der Waals surface area contributed by atoms with Gasteiger partial charge in [-0.1, -0.05) is 12.1 Å². The fourth-order valence-corrected chi connectivity index (χ4v) is 1.85. The zero-order valence-electron chi connectivity index (χ0n) is 10.1. The molecule has 0 spiro atoms. The van der Waals surface area contributed by atoms with Crippen molar-refractivity contribution in [2.24, 2.45) is 0 Å².